The number of thioether (sulfide) groups is 1. The zero-order valence-corrected chi connectivity index (χ0v) is 23.9. The molecule has 4 aromatic rings. The number of hydrogen-bond donors (Lipinski definition) is 1. The predicted molar refractivity (Wildman–Crippen MR) is 160 cm³/mol. The number of nitrogens with zero attached hydrogens (tertiary/aromatic N) is 3. The molecule has 0 spiro atoms. The topological polar surface area (TPSA) is 67.2 Å². The van der Waals surface area contributed by atoms with Crippen LogP contribution in [-0.4, -0.2) is 40.4 Å². The molecular weight excluding hydrogens is 528 g/mol. The number of anilines is 1. The Hall–Kier alpha value is -3.55. The summed E-state index contributed by atoms with van der Waals surface area (Å²) in [5.74, 6) is 0.543. The van der Waals surface area contributed by atoms with Crippen molar-refractivity contribution in [3.05, 3.63) is 100 Å². The number of halogens is 1. The molecule has 1 N–H and O–H groups in total. The summed E-state index contributed by atoms with van der Waals surface area (Å²) < 4.78 is 1.82. The molecule has 0 radical (unpaired) electrons. The van der Waals surface area contributed by atoms with Crippen molar-refractivity contribution in [3.8, 4) is 16.9 Å². The van der Waals surface area contributed by atoms with Crippen LogP contribution >= 0.6 is 23.4 Å². The number of aryl methyl sites for hydroxylation is 2. The van der Waals surface area contributed by atoms with Crippen LogP contribution in [0, 0.1) is 13.8 Å². The van der Waals surface area contributed by atoms with Crippen molar-refractivity contribution in [1.29, 1.82) is 0 Å². The minimum atomic E-state index is -0.194. The van der Waals surface area contributed by atoms with Gasteiger partial charge in [0.1, 0.15) is 12.4 Å². The van der Waals surface area contributed by atoms with E-state index < -0.39 is 0 Å². The maximum absolute atomic E-state index is 13.7. The van der Waals surface area contributed by atoms with Crippen molar-refractivity contribution in [1.82, 2.24) is 15.1 Å². The molecule has 0 bridgehead atoms. The normalized spacial score (nSPS) is 15.1. The minimum Gasteiger partial charge on any atom is -0.355 e. The van der Waals surface area contributed by atoms with Gasteiger partial charge in [0, 0.05) is 22.7 Å². The van der Waals surface area contributed by atoms with E-state index >= 15 is 0 Å². The van der Waals surface area contributed by atoms with Gasteiger partial charge in [0.2, 0.25) is 11.8 Å². The van der Waals surface area contributed by atoms with E-state index in [0.717, 1.165) is 45.6 Å². The molecule has 39 heavy (non-hydrogen) atoms. The molecule has 1 aromatic heterocycles. The number of carbonyl (C=O) groups is 2. The van der Waals surface area contributed by atoms with E-state index in [4.69, 9.17) is 16.7 Å². The molecule has 1 aliphatic heterocycles. The highest BCUT2D eigenvalue weighted by Crippen LogP contribution is 2.49. The maximum atomic E-state index is 13.7. The first-order valence-corrected chi connectivity index (χ1v) is 14.5. The van der Waals surface area contributed by atoms with Crippen LogP contribution in [0.3, 0.4) is 0 Å². The molecule has 6 nitrogen and oxygen atoms in total. The monoisotopic (exact) mass is 558 g/mol. The number of aromatic nitrogens is 2. The van der Waals surface area contributed by atoms with Crippen LogP contribution in [-0.2, 0) is 9.59 Å². The van der Waals surface area contributed by atoms with E-state index in [9.17, 15) is 9.59 Å². The number of carbonyl (C=O) groups excluding carboxylic acids is 2. The molecule has 0 fully saturated rings. The van der Waals surface area contributed by atoms with Crippen molar-refractivity contribution in [2.24, 2.45) is 0 Å². The fraction of sp³-hybridized carbons (Fsp3) is 0.258. The molecule has 0 aliphatic carbocycles. The van der Waals surface area contributed by atoms with Crippen molar-refractivity contribution < 1.29 is 9.59 Å². The third-order valence-electron chi connectivity index (χ3n) is 6.83. The summed E-state index contributed by atoms with van der Waals surface area (Å²) in [6, 6.07) is 23.9. The third kappa shape index (κ3) is 5.60. The zero-order valence-electron chi connectivity index (χ0n) is 22.3. The van der Waals surface area contributed by atoms with Crippen LogP contribution in [0.25, 0.3) is 16.9 Å². The summed E-state index contributed by atoms with van der Waals surface area (Å²) in [4.78, 5) is 28.3. The number of benzene rings is 3. The lowest BCUT2D eigenvalue weighted by Crippen LogP contribution is -2.42. The van der Waals surface area contributed by atoms with Gasteiger partial charge >= 0.3 is 0 Å². The quantitative estimate of drug-likeness (QED) is 0.281. The Morgan fingerprint density at radius 3 is 2.46 bits per heavy atom. The molecule has 1 atom stereocenters. The van der Waals surface area contributed by atoms with Crippen LogP contribution in [0.1, 0.15) is 40.8 Å². The second-order valence-corrected chi connectivity index (χ2v) is 11.2. The number of nitrogens with one attached hydrogen (secondary N) is 1. The lowest BCUT2D eigenvalue weighted by atomic mass is 9.96. The van der Waals surface area contributed by atoms with E-state index in [2.05, 4.69) is 24.4 Å². The summed E-state index contributed by atoms with van der Waals surface area (Å²) in [6.07, 6.45) is 0.818. The molecule has 2 amide bonds. The highest BCUT2D eigenvalue weighted by Gasteiger charge is 2.38. The first-order chi connectivity index (χ1) is 18.9. The lowest BCUT2D eigenvalue weighted by molar-refractivity contribution is -0.122. The number of hydrogen-bond acceptors (Lipinski definition) is 4. The smallest absolute Gasteiger partial charge is 0.240 e. The van der Waals surface area contributed by atoms with Gasteiger partial charge < -0.3 is 5.32 Å². The Balaban J connectivity index is 1.80. The average molecular weight is 559 g/mol. The van der Waals surface area contributed by atoms with Crippen molar-refractivity contribution >= 4 is 41.0 Å². The van der Waals surface area contributed by atoms with Crippen molar-refractivity contribution in [2.45, 2.75) is 32.4 Å². The van der Waals surface area contributed by atoms with Crippen LogP contribution in [0.15, 0.2) is 72.8 Å². The largest absolute Gasteiger partial charge is 0.355 e. The molecule has 0 saturated carbocycles. The number of fused-ring (bicyclic) bond motifs is 1. The summed E-state index contributed by atoms with van der Waals surface area (Å²) >= 11 is 7.82. The standard InChI is InChI=1S/C31H31ClN4O2S/c1-4-17-33-26(37)18-35-27(38)19-39-30(25-8-6-5-7-21(25)3)28-29(22-11-13-23(32)14-12-22)34-36(31(28)35)24-15-9-20(2)10-16-24/h5-16,30H,4,17-19H2,1-3H3,(H,33,37)/t30-/m1/s1. The van der Waals surface area contributed by atoms with Crippen molar-refractivity contribution in [3.63, 3.8) is 0 Å². The molecule has 8 heteroatoms. The van der Waals surface area contributed by atoms with Crippen LogP contribution in [0.4, 0.5) is 5.82 Å². The van der Waals surface area contributed by atoms with Crippen molar-refractivity contribution in [2.75, 3.05) is 23.7 Å². The fourth-order valence-electron chi connectivity index (χ4n) is 4.80. The Labute approximate surface area is 238 Å². The molecule has 3 aromatic carbocycles. The van der Waals surface area contributed by atoms with Gasteiger partial charge in [0.15, 0.2) is 0 Å². The zero-order chi connectivity index (χ0) is 27.5. The van der Waals surface area contributed by atoms with E-state index in [1.807, 2.05) is 79.2 Å². The van der Waals surface area contributed by atoms with Gasteiger partial charge in [-0.25, -0.2) is 4.68 Å². The highest BCUT2D eigenvalue weighted by atomic mass is 35.5. The summed E-state index contributed by atoms with van der Waals surface area (Å²) in [5, 5.41) is 8.53. The second-order valence-electron chi connectivity index (χ2n) is 9.72. The van der Waals surface area contributed by atoms with E-state index in [-0.39, 0.29) is 29.4 Å². The average Bonchev–Trinajstić information content (AvgIpc) is 3.26. The number of rotatable bonds is 7. The minimum absolute atomic E-state index is 0.0789. The Morgan fingerprint density at radius 1 is 1.05 bits per heavy atom. The Kier molecular flexibility index (Phi) is 8.10. The third-order valence-corrected chi connectivity index (χ3v) is 8.32. The first kappa shape index (κ1) is 27.0. The predicted octanol–water partition coefficient (Wildman–Crippen LogP) is 6.50. The van der Waals surface area contributed by atoms with Gasteiger partial charge in [-0.05, 0) is 55.7 Å². The van der Waals surface area contributed by atoms with Gasteiger partial charge in [0.05, 0.1) is 22.4 Å². The van der Waals surface area contributed by atoms with E-state index in [1.165, 1.54) is 0 Å². The van der Waals surface area contributed by atoms with Gasteiger partial charge in [0.25, 0.3) is 0 Å². The van der Waals surface area contributed by atoms with Crippen LogP contribution in [0.5, 0.6) is 0 Å². The Bertz CT molecular complexity index is 1500. The van der Waals surface area contributed by atoms with Crippen LogP contribution < -0.4 is 10.2 Å². The van der Waals surface area contributed by atoms with Gasteiger partial charge in [-0.1, -0.05) is 72.6 Å². The van der Waals surface area contributed by atoms with Gasteiger partial charge in [-0.2, -0.15) is 5.10 Å². The summed E-state index contributed by atoms with van der Waals surface area (Å²) in [7, 11) is 0. The summed E-state index contributed by atoms with van der Waals surface area (Å²) in [5.41, 5.74) is 6.75. The van der Waals surface area contributed by atoms with E-state index in [0.29, 0.717) is 17.4 Å². The molecular formula is C31H31ClN4O2S. The molecule has 0 unspecified atom stereocenters. The van der Waals surface area contributed by atoms with E-state index in [1.54, 1.807) is 16.7 Å². The molecule has 0 saturated heterocycles. The summed E-state index contributed by atoms with van der Waals surface area (Å²) in [6.45, 7) is 6.60. The molecule has 200 valence electrons. The van der Waals surface area contributed by atoms with Crippen LogP contribution in [0.2, 0.25) is 5.02 Å². The molecule has 2 heterocycles. The Morgan fingerprint density at radius 2 is 1.77 bits per heavy atom. The molecule has 1 aliphatic rings. The number of amides is 2. The van der Waals surface area contributed by atoms with Gasteiger partial charge in [-0.15, -0.1) is 11.8 Å². The fourth-order valence-corrected chi connectivity index (χ4v) is 6.22. The lowest BCUT2D eigenvalue weighted by Gasteiger charge is -2.23. The van der Waals surface area contributed by atoms with Gasteiger partial charge in [-0.3, -0.25) is 14.5 Å². The first-order valence-electron chi connectivity index (χ1n) is 13.1. The second kappa shape index (κ2) is 11.7. The maximum Gasteiger partial charge on any atom is 0.240 e. The highest BCUT2D eigenvalue weighted by molar-refractivity contribution is 8.00. The molecule has 5 rings (SSSR count). The SMILES string of the molecule is CCCNC(=O)CN1C(=O)CS[C@H](c2ccccc2C)c2c(-c3ccc(Cl)cc3)nn(-c3ccc(C)cc3)c21.